The number of hydrogen-bond acceptors (Lipinski definition) is 4. The first kappa shape index (κ1) is 20.4. The number of hydrogen-bond donors (Lipinski definition) is 0. The maximum Gasteiger partial charge on any atom is 0.329 e. The first-order valence-corrected chi connectivity index (χ1v) is 9.85. The van der Waals surface area contributed by atoms with Crippen LogP contribution in [0.5, 0.6) is 5.75 Å². The third-order valence-corrected chi connectivity index (χ3v) is 5.47. The number of rotatable bonds is 3. The fourth-order valence-corrected chi connectivity index (χ4v) is 3.99. The average Bonchev–Trinajstić information content (AvgIpc) is 3.03. The van der Waals surface area contributed by atoms with E-state index in [2.05, 4.69) is 36.7 Å². The van der Waals surface area contributed by atoms with Crippen molar-refractivity contribution in [2.45, 2.75) is 38.6 Å². The molecular formula is C22H24BrNO4. The van der Waals surface area contributed by atoms with E-state index in [1.807, 2.05) is 24.3 Å². The van der Waals surface area contributed by atoms with Crippen LogP contribution in [0.1, 0.15) is 42.3 Å². The Morgan fingerprint density at radius 2 is 1.82 bits per heavy atom. The molecule has 0 saturated carbocycles. The Labute approximate surface area is 173 Å². The minimum atomic E-state index is -0.685. The van der Waals surface area contributed by atoms with Gasteiger partial charge in [0.15, 0.2) is 0 Å². The zero-order valence-electron chi connectivity index (χ0n) is 16.7. The van der Waals surface area contributed by atoms with Crippen LogP contribution in [0.4, 0.5) is 5.69 Å². The zero-order chi connectivity index (χ0) is 20.6. The largest absolute Gasteiger partial charge is 0.496 e. The average molecular weight is 446 g/mol. The van der Waals surface area contributed by atoms with E-state index in [1.165, 1.54) is 12.0 Å². The van der Waals surface area contributed by atoms with Crippen LogP contribution in [0.25, 0.3) is 0 Å². The lowest BCUT2D eigenvalue weighted by molar-refractivity contribution is -0.141. The van der Waals surface area contributed by atoms with E-state index in [9.17, 15) is 9.59 Å². The number of benzene rings is 2. The fraction of sp³-hybridized carbons (Fsp3) is 0.364. The number of anilines is 1. The number of carbonyl (C=O) groups is 2. The van der Waals surface area contributed by atoms with Crippen LogP contribution in [-0.2, 0) is 21.4 Å². The fourth-order valence-electron chi connectivity index (χ4n) is 3.58. The van der Waals surface area contributed by atoms with E-state index >= 15 is 0 Å². The Bertz CT molecular complexity index is 933. The topological polar surface area (TPSA) is 55.8 Å². The Morgan fingerprint density at radius 1 is 1.11 bits per heavy atom. The molecule has 0 aliphatic carbocycles. The van der Waals surface area contributed by atoms with Crippen molar-refractivity contribution in [2.75, 3.05) is 19.1 Å². The molecule has 2 aromatic carbocycles. The molecule has 0 spiro atoms. The van der Waals surface area contributed by atoms with Gasteiger partial charge < -0.3 is 9.47 Å². The van der Waals surface area contributed by atoms with Gasteiger partial charge in [-0.1, -0.05) is 42.8 Å². The van der Waals surface area contributed by atoms with Gasteiger partial charge in [-0.15, -0.1) is 0 Å². The van der Waals surface area contributed by atoms with E-state index < -0.39 is 12.0 Å². The van der Waals surface area contributed by atoms with Gasteiger partial charge in [-0.2, -0.15) is 0 Å². The van der Waals surface area contributed by atoms with Crippen molar-refractivity contribution in [1.82, 2.24) is 0 Å². The van der Waals surface area contributed by atoms with Crippen LogP contribution in [0, 0.1) is 0 Å². The van der Waals surface area contributed by atoms with Gasteiger partial charge in [0.05, 0.1) is 14.2 Å². The molecule has 6 heteroatoms. The molecule has 1 heterocycles. The minimum Gasteiger partial charge on any atom is -0.496 e. The summed E-state index contributed by atoms with van der Waals surface area (Å²) in [5, 5.41) is 0. The van der Waals surface area contributed by atoms with Crippen LogP contribution in [0.2, 0.25) is 0 Å². The van der Waals surface area contributed by atoms with Crippen LogP contribution in [0.3, 0.4) is 0 Å². The quantitative estimate of drug-likeness (QED) is 0.652. The summed E-state index contributed by atoms with van der Waals surface area (Å²) >= 11 is 3.45. The smallest absolute Gasteiger partial charge is 0.329 e. The molecule has 5 nitrogen and oxygen atoms in total. The Hall–Kier alpha value is -2.34. The van der Waals surface area contributed by atoms with Gasteiger partial charge in [0.2, 0.25) is 0 Å². The molecule has 0 saturated heterocycles. The van der Waals surface area contributed by atoms with Crippen molar-refractivity contribution in [3.8, 4) is 5.75 Å². The number of esters is 1. The van der Waals surface area contributed by atoms with Gasteiger partial charge in [-0.25, -0.2) is 4.79 Å². The van der Waals surface area contributed by atoms with Crippen molar-refractivity contribution < 1.29 is 19.1 Å². The van der Waals surface area contributed by atoms with Crippen molar-refractivity contribution in [3.63, 3.8) is 0 Å². The first-order chi connectivity index (χ1) is 13.2. The highest BCUT2D eigenvalue weighted by Crippen LogP contribution is 2.37. The van der Waals surface area contributed by atoms with E-state index in [4.69, 9.17) is 9.47 Å². The Morgan fingerprint density at radius 3 is 2.43 bits per heavy atom. The minimum absolute atomic E-state index is 0.117. The highest BCUT2D eigenvalue weighted by Gasteiger charge is 2.39. The van der Waals surface area contributed by atoms with E-state index in [0.29, 0.717) is 17.7 Å². The predicted octanol–water partition coefficient (Wildman–Crippen LogP) is 4.50. The second-order valence-electron chi connectivity index (χ2n) is 7.86. The zero-order valence-corrected chi connectivity index (χ0v) is 18.3. The van der Waals surface area contributed by atoms with Crippen molar-refractivity contribution in [3.05, 3.63) is 57.6 Å². The summed E-state index contributed by atoms with van der Waals surface area (Å²) in [5.74, 6) is -0.0302. The van der Waals surface area contributed by atoms with Gasteiger partial charge in [0, 0.05) is 22.1 Å². The van der Waals surface area contributed by atoms with E-state index in [-0.39, 0.29) is 11.3 Å². The molecule has 0 bridgehead atoms. The van der Waals surface area contributed by atoms with Crippen molar-refractivity contribution >= 4 is 33.5 Å². The molecule has 0 N–H and O–H groups in total. The number of nitrogens with zero attached hydrogens (tertiary/aromatic N) is 1. The van der Waals surface area contributed by atoms with Crippen LogP contribution < -0.4 is 9.64 Å². The van der Waals surface area contributed by atoms with Crippen LogP contribution in [0.15, 0.2) is 40.9 Å². The van der Waals surface area contributed by atoms with E-state index in [0.717, 1.165) is 21.3 Å². The number of methoxy groups -OCH3 is 2. The van der Waals surface area contributed by atoms with Crippen LogP contribution in [-0.4, -0.2) is 32.1 Å². The molecule has 28 heavy (non-hydrogen) atoms. The summed E-state index contributed by atoms with van der Waals surface area (Å²) in [7, 11) is 2.93. The lowest BCUT2D eigenvalue weighted by atomic mass is 9.85. The molecule has 1 aliphatic rings. The monoisotopic (exact) mass is 445 g/mol. The third-order valence-electron chi connectivity index (χ3n) is 4.97. The lowest BCUT2D eigenvalue weighted by Gasteiger charge is -2.26. The van der Waals surface area contributed by atoms with Gasteiger partial charge in [0.25, 0.3) is 5.91 Å². The second-order valence-corrected chi connectivity index (χ2v) is 8.77. The van der Waals surface area contributed by atoms with Crippen molar-refractivity contribution in [2.24, 2.45) is 0 Å². The Balaban J connectivity index is 2.06. The summed E-state index contributed by atoms with van der Waals surface area (Å²) in [6, 6.07) is 10.4. The third kappa shape index (κ3) is 3.65. The molecule has 0 aromatic heterocycles. The summed E-state index contributed by atoms with van der Waals surface area (Å²) in [5.41, 5.74) is 3.02. The van der Waals surface area contributed by atoms with Gasteiger partial charge in [0.1, 0.15) is 11.8 Å². The van der Waals surface area contributed by atoms with Gasteiger partial charge in [-0.3, -0.25) is 9.69 Å². The molecular weight excluding hydrogens is 422 g/mol. The molecule has 1 aliphatic heterocycles. The summed E-state index contributed by atoms with van der Waals surface area (Å²) in [4.78, 5) is 27.3. The highest BCUT2D eigenvalue weighted by molar-refractivity contribution is 9.10. The summed E-state index contributed by atoms with van der Waals surface area (Å²) < 4.78 is 11.4. The molecule has 1 atom stereocenters. The Kier molecular flexibility index (Phi) is 5.53. The van der Waals surface area contributed by atoms with E-state index in [1.54, 1.807) is 19.2 Å². The standard InChI is InChI=1S/C22H24BrNO4/c1-22(2,3)16-8-6-13(12-19(16)27-4)20(25)24-17-9-7-15(23)10-14(17)11-18(24)21(26)28-5/h6-10,12,18H,11H2,1-5H3. The van der Waals surface area contributed by atoms with Gasteiger partial charge in [-0.05, 0) is 46.9 Å². The molecule has 1 amide bonds. The molecule has 2 aromatic rings. The summed E-state index contributed by atoms with van der Waals surface area (Å²) in [6.07, 6.45) is 0.421. The summed E-state index contributed by atoms with van der Waals surface area (Å²) in [6.45, 7) is 6.27. The number of ether oxygens (including phenoxy) is 2. The lowest BCUT2D eigenvalue weighted by Crippen LogP contribution is -2.43. The van der Waals surface area contributed by atoms with Crippen LogP contribution >= 0.6 is 15.9 Å². The molecule has 148 valence electrons. The molecule has 3 rings (SSSR count). The predicted molar refractivity (Wildman–Crippen MR) is 112 cm³/mol. The van der Waals surface area contributed by atoms with Gasteiger partial charge >= 0.3 is 5.97 Å². The maximum atomic E-state index is 13.4. The normalized spacial score (nSPS) is 15.9. The first-order valence-electron chi connectivity index (χ1n) is 9.05. The molecule has 1 unspecified atom stereocenters. The highest BCUT2D eigenvalue weighted by atomic mass is 79.9. The number of amides is 1. The number of fused-ring (bicyclic) bond motifs is 1. The second kappa shape index (κ2) is 7.59. The molecule has 0 fully saturated rings. The number of halogens is 1. The van der Waals surface area contributed by atoms with Crippen molar-refractivity contribution in [1.29, 1.82) is 0 Å². The maximum absolute atomic E-state index is 13.4. The SMILES string of the molecule is COC(=O)C1Cc2cc(Br)ccc2N1C(=O)c1ccc(C(C)(C)C)c(OC)c1. The number of carbonyl (C=O) groups excluding carboxylic acids is 2. The molecule has 0 radical (unpaired) electrons.